The van der Waals surface area contributed by atoms with Gasteiger partial charge in [-0.05, 0) is 50.3 Å². The summed E-state index contributed by atoms with van der Waals surface area (Å²) in [4.78, 5) is 3.71. The minimum Gasteiger partial charge on any atom is -0.368 e. The Kier molecular flexibility index (Phi) is 3.37. The lowest BCUT2D eigenvalue weighted by Crippen LogP contribution is -2.35. The molecule has 0 amide bonds. The predicted octanol–water partition coefficient (Wildman–Crippen LogP) is 4.76. The Morgan fingerprint density at radius 1 is 1.25 bits per heavy atom. The van der Waals surface area contributed by atoms with E-state index in [1.165, 1.54) is 33.3 Å². The molecule has 2 heteroatoms. The summed E-state index contributed by atoms with van der Waals surface area (Å²) in [5.41, 5.74) is 6.74. The number of aromatic nitrogens is 1. The highest BCUT2D eigenvalue weighted by Gasteiger charge is 2.38. The maximum Gasteiger partial charge on any atom is 0.108 e. The molecule has 1 aliphatic heterocycles. The summed E-state index contributed by atoms with van der Waals surface area (Å²) in [6, 6.07) is 4.59. The molecule has 1 aliphatic rings. The molecule has 2 aromatic rings. The van der Waals surface area contributed by atoms with E-state index >= 15 is 0 Å². The zero-order valence-electron chi connectivity index (χ0n) is 13.1. The van der Waals surface area contributed by atoms with Gasteiger partial charge < -0.3 is 9.72 Å². The van der Waals surface area contributed by atoms with Crippen LogP contribution in [0.15, 0.2) is 12.1 Å². The fraction of sp³-hybridized carbons (Fsp3) is 0.556. The number of hydrogen-bond donors (Lipinski definition) is 1. The van der Waals surface area contributed by atoms with Gasteiger partial charge in [-0.25, -0.2) is 0 Å². The molecule has 1 N–H and O–H groups in total. The van der Waals surface area contributed by atoms with E-state index in [0.29, 0.717) is 0 Å². The number of rotatable bonds is 3. The Morgan fingerprint density at radius 2 is 2.05 bits per heavy atom. The first-order valence-corrected chi connectivity index (χ1v) is 7.87. The minimum absolute atomic E-state index is 0.0955. The zero-order chi connectivity index (χ0) is 14.3. The lowest BCUT2D eigenvalue weighted by atomic mass is 9.85. The Hall–Kier alpha value is -1.28. The van der Waals surface area contributed by atoms with E-state index in [1.54, 1.807) is 0 Å². The molecule has 0 saturated heterocycles. The molecular formula is C18H25NO. The maximum absolute atomic E-state index is 6.25. The molecule has 0 aliphatic carbocycles. The first kappa shape index (κ1) is 13.7. The highest BCUT2D eigenvalue weighted by atomic mass is 16.5. The Bertz CT molecular complexity index is 640. The zero-order valence-corrected chi connectivity index (χ0v) is 13.1. The van der Waals surface area contributed by atoms with E-state index in [-0.39, 0.29) is 5.60 Å². The molecular weight excluding hydrogens is 246 g/mol. The van der Waals surface area contributed by atoms with Crippen LogP contribution in [0.3, 0.4) is 0 Å². The Labute approximate surface area is 121 Å². The van der Waals surface area contributed by atoms with E-state index in [4.69, 9.17) is 4.74 Å². The molecule has 1 unspecified atom stereocenters. The van der Waals surface area contributed by atoms with Crippen LogP contribution in [-0.4, -0.2) is 11.6 Å². The van der Waals surface area contributed by atoms with Gasteiger partial charge in [-0.2, -0.15) is 0 Å². The van der Waals surface area contributed by atoms with Gasteiger partial charge in [0.1, 0.15) is 5.60 Å². The quantitative estimate of drug-likeness (QED) is 0.855. The van der Waals surface area contributed by atoms with Crippen molar-refractivity contribution in [1.29, 1.82) is 0 Å². The van der Waals surface area contributed by atoms with Crippen molar-refractivity contribution in [2.75, 3.05) is 6.61 Å². The summed E-state index contributed by atoms with van der Waals surface area (Å²) in [6.45, 7) is 9.72. The van der Waals surface area contributed by atoms with Gasteiger partial charge >= 0.3 is 0 Å². The van der Waals surface area contributed by atoms with Crippen molar-refractivity contribution in [2.24, 2.45) is 0 Å². The SMILES string of the molecule is CCCC1(CC)OCCc2c1[nH]c1c(C)cc(C)cc21. The fourth-order valence-corrected chi connectivity index (χ4v) is 3.83. The molecule has 2 heterocycles. The van der Waals surface area contributed by atoms with Crippen LogP contribution < -0.4 is 0 Å². The molecule has 1 aromatic heterocycles. The number of fused-ring (bicyclic) bond motifs is 3. The van der Waals surface area contributed by atoms with Gasteiger partial charge in [-0.15, -0.1) is 0 Å². The van der Waals surface area contributed by atoms with Gasteiger partial charge in [0.2, 0.25) is 0 Å². The lowest BCUT2D eigenvalue weighted by molar-refractivity contribution is -0.0723. The predicted molar refractivity (Wildman–Crippen MR) is 84.3 cm³/mol. The van der Waals surface area contributed by atoms with Gasteiger partial charge in [0.05, 0.1) is 12.3 Å². The van der Waals surface area contributed by atoms with Gasteiger partial charge in [0.15, 0.2) is 0 Å². The molecule has 0 saturated carbocycles. The number of hydrogen-bond acceptors (Lipinski definition) is 1. The molecule has 0 spiro atoms. The van der Waals surface area contributed by atoms with E-state index in [0.717, 1.165) is 32.3 Å². The smallest absolute Gasteiger partial charge is 0.108 e. The molecule has 1 atom stereocenters. The van der Waals surface area contributed by atoms with Crippen LogP contribution in [0.4, 0.5) is 0 Å². The van der Waals surface area contributed by atoms with Crippen LogP contribution in [0.2, 0.25) is 0 Å². The van der Waals surface area contributed by atoms with E-state index in [2.05, 4.69) is 44.8 Å². The standard InChI is InChI=1S/C18H25NO/c1-5-8-18(6-2)17-14(7-9-20-18)15-11-12(3)10-13(4)16(15)19-17/h10-11,19H,5-9H2,1-4H3. The second kappa shape index (κ2) is 4.92. The maximum atomic E-state index is 6.25. The van der Waals surface area contributed by atoms with E-state index in [9.17, 15) is 0 Å². The van der Waals surface area contributed by atoms with Crippen molar-refractivity contribution in [3.8, 4) is 0 Å². The third-order valence-electron chi connectivity index (χ3n) is 4.77. The second-order valence-corrected chi connectivity index (χ2v) is 6.18. The molecule has 0 radical (unpaired) electrons. The molecule has 3 rings (SSSR count). The Balaban J connectivity index is 2.27. The van der Waals surface area contributed by atoms with Crippen LogP contribution in [0.5, 0.6) is 0 Å². The number of aromatic amines is 1. The summed E-state index contributed by atoms with van der Waals surface area (Å²) in [7, 11) is 0. The summed E-state index contributed by atoms with van der Waals surface area (Å²) >= 11 is 0. The fourth-order valence-electron chi connectivity index (χ4n) is 3.83. The van der Waals surface area contributed by atoms with Crippen LogP contribution in [0.1, 0.15) is 55.5 Å². The van der Waals surface area contributed by atoms with Crippen LogP contribution >= 0.6 is 0 Å². The lowest BCUT2D eigenvalue weighted by Gasteiger charge is -2.36. The van der Waals surface area contributed by atoms with Gasteiger partial charge in [-0.3, -0.25) is 0 Å². The molecule has 2 nitrogen and oxygen atoms in total. The summed E-state index contributed by atoms with van der Waals surface area (Å²) in [5.74, 6) is 0. The topological polar surface area (TPSA) is 25.0 Å². The van der Waals surface area contributed by atoms with Crippen molar-refractivity contribution >= 4 is 10.9 Å². The van der Waals surface area contributed by atoms with Gasteiger partial charge in [0, 0.05) is 10.9 Å². The minimum atomic E-state index is -0.0955. The van der Waals surface area contributed by atoms with Crippen molar-refractivity contribution in [3.63, 3.8) is 0 Å². The number of aryl methyl sites for hydroxylation is 2. The van der Waals surface area contributed by atoms with E-state index < -0.39 is 0 Å². The van der Waals surface area contributed by atoms with E-state index in [1.807, 2.05) is 0 Å². The average Bonchev–Trinajstić information content (AvgIpc) is 2.80. The summed E-state index contributed by atoms with van der Waals surface area (Å²) < 4.78 is 6.25. The normalized spacial score (nSPS) is 22.2. The average molecular weight is 271 g/mol. The van der Waals surface area contributed by atoms with Gasteiger partial charge in [0.25, 0.3) is 0 Å². The third-order valence-corrected chi connectivity index (χ3v) is 4.77. The summed E-state index contributed by atoms with van der Waals surface area (Å²) in [5, 5.41) is 1.41. The number of nitrogens with one attached hydrogen (secondary N) is 1. The second-order valence-electron chi connectivity index (χ2n) is 6.18. The Morgan fingerprint density at radius 3 is 2.75 bits per heavy atom. The first-order chi connectivity index (χ1) is 9.61. The van der Waals surface area contributed by atoms with Crippen LogP contribution in [0.25, 0.3) is 10.9 Å². The largest absolute Gasteiger partial charge is 0.368 e. The van der Waals surface area contributed by atoms with Crippen molar-refractivity contribution in [3.05, 3.63) is 34.5 Å². The molecule has 0 fully saturated rings. The van der Waals surface area contributed by atoms with Crippen molar-refractivity contribution in [2.45, 2.75) is 59.0 Å². The van der Waals surface area contributed by atoms with Crippen LogP contribution in [0, 0.1) is 13.8 Å². The highest BCUT2D eigenvalue weighted by Crippen LogP contribution is 2.42. The van der Waals surface area contributed by atoms with Crippen LogP contribution in [-0.2, 0) is 16.8 Å². The van der Waals surface area contributed by atoms with Crippen molar-refractivity contribution in [1.82, 2.24) is 4.98 Å². The van der Waals surface area contributed by atoms with Crippen molar-refractivity contribution < 1.29 is 4.74 Å². The first-order valence-electron chi connectivity index (χ1n) is 7.87. The number of H-pyrrole nitrogens is 1. The molecule has 20 heavy (non-hydrogen) atoms. The highest BCUT2D eigenvalue weighted by molar-refractivity contribution is 5.88. The van der Waals surface area contributed by atoms with Gasteiger partial charge in [-0.1, -0.05) is 31.9 Å². The monoisotopic (exact) mass is 271 g/mol. The molecule has 0 bridgehead atoms. The number of benzene rings is 1. The summed E-state index contributed by atoms with van der Waals surface area (Å²) in [6.07, 6.45) is 4.32. The number of ether oxygens (including phenoxy) is 1. The third kappa shape index (κ3) is 1.89. The molecule has 1 aromatic carbocycles. The molecule has 108 valence electrons.